The van der Waals surface area contributed by atoms with Gasteiger partial charge in [0.25, 0.3) is 5.91 Å². The summed E-state index contributed by atoms with van der Waals surface area (Å²) < 4.78 is 5.52. The Morgan fingerprint density at radius 1 is 1.14 bits per heavy atom. The van der Waals surface area contributed by atoms with E-state index in [9.17, 15) is 14.7 Å². The first-order valence-corrected chi connectivity index (χ1v) is 9.58. The molecule has 3 rings (SSSR count). The van der Waals surface area contributed by atoms with Gasteiger partial charge in [-0.1, -0.05) is 30.3 Å². The van der Waals surface area contributed by atoms with Crippen molar-refractivity contribution < 1.29 is 19.4 Å². The van der Waals surface area contributed by atoms with Crippen LogP contribution < -0.4 is 10.1 Å². The number of para-hydroxylation sites is 1. The Kier molecular flexibility index (Phi) is 6.53. The minimum atomic E-state index is -0.182. The highest BCUT2D eigenvalue weighted by molar-refractivity contribution is 5.81. The lowest BCUT2D eigenvalue weighted by Crippen LogP contribution is -2.44. The van der Waals surface area contributed by atoms with Crippen LogP contribution in [0.2, 0.25) is 0 Å². The van der Waals surface area contributed by atoms with Gasteiger partial charge < -0.3 is 20.1 Å². The maximum Gasteiger partial charge on any atom is 0.260 e. The molecular weight excluding hydrogens is 356 g/mol. The van der Waals surface area contributed by atoms with Crippen molar-refractivity contribution in [3.63, 3.8) is 0 Å². The van der Waals surface area contributed by atoms with Gasteiger partial charge in [-0.2, -0.15) is 0 Å². The Bertz CT molecular complexity index is 801. The first-order chi connectivity index (χ1) is 13.5. The molecule has 1 atom stereocenters. The van der Waals surface area contributed by atoms with E-state index in [2.05, 4.69) is 5.32 Å². The molecule has 0 bridgehead atoms. The van der Waals surface area contributed by atoms with Crippen molar-refractivity contribution in [2.75, 3.05) is 19.7 Å². The topological polar surface area (TPSA) is 78.9 Å². The number of likely N-dealkylation sites (tertiary alicyclic amines) is 1. The quantitative estimate of drug-likeness (QED) is 0.805. The Morgan fingerprint density at radius 3 is 2.54 bits per heavy atom. The van der Waals surface area contributed by atoms with Gasteiger partial charge in [0, 0.05) is 19.0 Å². The van der Waals surface area contributed by atoms with E-state index < -0.39 is 0 Å². The Morgan fingerprint density at radius 2 is 1.86 bits per heavy atom. The van der Waals surface area contributed by atoms with Crippen LogP contribution in [0, 0.1) is 5.92 Å². The van der Waals surface area contributed by atoms with Gasteiger partial charge in [-0.15, -0.1) is 0 Å². The van der Waals surface area contributed by atoms with Crippen molar-refractivity contribution in [2.24, 2.45) is 5.92 Å². The number of nitrogens with zero attached hydrogens (tertiary/aromatic N) is 1. The smallest absolute Gasteiger partial charge is 0.260 e. The fourth-order valence-corrected chi connectivity index (χ4v) is 3.35. The summed E-state index contributed by atoms with van der Waals surface area (Å²) in [6, 6.07) is 16.0. The van der Waals surface area contributed by atoms with Gasteiger partial charge in [0.1, 0.15) is 11.5 Å². The van der Waals surface area contributed by atoms with Gasteiger partial charge in [0.05, 0.1) is 6.04 Å². The first-order valence-electron chi connectivity index (χ1n) is 9.58. The summed E-state index contributed by atoms with van der Waals surface area (Å²) in [5.41, 5.74) is 0.860. The molecule has 0 spiro atoms. The summed E-state index contributed by atoms with van der Waals surface area (Å²) in [5, 5.41) is 12.6. The molecule has 0 radical (unpaired) electrons. The van der Waals surface area contributed by atoms with Crippen LogP contribution in [0.25, 0.3) is 0 Å². The van der Waals surface area contributed by atoms with Gasteiger partial charge in [0.2, 0.25) is 5.91 Å². The van der Waals surface area contributed by atoms with E-state index in [4.69, 9.17) is 4.74 Å². The number of hydrogen-bond acceptors (Lipinski definition) is 4. The van der Waals surface area contributed by atoms with Crippen molar-refractivity contribution in [2.45, 2.75) is 25.8 Å². The third-order valence-electron chi connectivity index (χ3n) is 5.05. The number of ether oxygens (including phenoxy) is 1. The normalized spacial score (nSPS) is 15.7. The van der Waals surface area contributed by atoms with Gasteiger partial charge in [0.15, 0.2) is 6.61 Å². The third kappa shape index (κ3) is 5.25. The molecule has 1 aliphatic heterocycles. The summed E-state index contributed by atoms with van der Waals surface area (Å²) in [4.78, 5) is 26.6. The molecular formula is C22H26N2O4. The fraction of sp³-hybridized carbons (Fsp3) is 0.364. The van der Waals surface area contributed by atoms with Crippen LogP contribution in [0.1, 0.15) is 31.4 Å². The molecule has 148 valence electrons. The summed E-state index contributed by atoms with van der Waals surface area (Å²) in [7, 11) is 0. The number of phenols is 1. The molecule has 0 aromatic heterocycles. The number of phenolic OH excluding ortho intramolecular Hbond substituents is 1. The average molecular weight is 382 g/mol. The second-order valence-electron chi connectivity index (χ2n) is 7.08. The van der Waals surface area contributed by atoms with Crippen LogP contribution in [-0.4, -0.2) is 41.5 Å². The molecule has 1 saturated heterocycles. The summed E-state index contributed by atoms with van der Waals surface area (Å²) in [6.45, 7) is 3.01. The number of amides is 2. The molecule has 1 unspecified atom stereocenters. The van der Waals surface area contributed by atoms with E-state index in [1.807, 2.05) is 43.3 Å². The zero-order chi connectivity index (χ0) is 19.9. The Hall–Kier alpha value is -3.02. The van der Waals surface area contributed by atoms with Gasteiger partial charge >= 0.3 is 0 Å². The molecule has 2 amide bonds. The van der Waals surface area contributed by atoms with Crippen LogP contribution in [0.4, 0.5) is 0 Å². The highest BCUT2D eigenvalue weighted by Crippen LogP contribution is 2.21. The Balaban J connectivity index is 1.44. The van der Waals surface area contributed by atoms with E-state index in [0.29, 0.717) is 31.7 Å². The standard InChI is InChI=1S/C22H26N2O4/c1-16(18-6-5-7-19(25)14-18)23-22(27)17-10-12-24(13-11-17)21(26)15-28-20-8-3-2-4-9-20/h2-9,14,16-17,25H,10-13,15H2,1H3,(H,23,27). The van der Waals surface area contributed by atoms with Crippen LogP contribution in [0.15, 0.2) is 54.6 Å². The number of nitrogens with one attached hydrogen (secondary N) is 1. The molecule has 1 fully saturated rings. The van der Waals surface area contributed by atoms with Gasteiger partial charge in [-0.25, -0.2) is 0 Å². The highest BCUT2D eigenvalue weighted by Gasteiger charge is 2.28. The molecule has 2 aromatic rings. The zero-order valence-corrected chi connectivity index (χ0v) is 16.0. The number of rotatable bonds is 6. The van der Waals surface area contributed by atoms with E-state index in [1.165, 1.54) is 0 Å². The lowest BCUT2D eigenvalue weighted by molar-refractivity contribution is -0.137. The zero-order valence-electron chi connectivity index (χ0n) is 16.0. The number of piperidine rings is 1. The summed E-state index contributed by atoms with van der Waals surface area (Å²) in [5.74, 6) is 0.673. The molecule has 6 heteroatoms. The molecule has 0 saturated carbocycles. The lowest BCUT2D eigenvalue weighted by Gasteiger charge is -2.32. The minimum Gasteiger partial charge on any atom is -0.508 e. The molecule has 28 heavy (non-hydrogen) atoms. The van der Waals surface area contributed by atoms with Crippen LogP contribution in [0.3, 0.4) is 0 Å². The SMILES string of the molecule is CC(NC(=O)C1CCN(C(=O)COc2ccccc2)CC1)c1cccc(O)c1. The van der Waals surface area contributed by atoms with Crippen molar-refractivity contribution >= 4 is 11.8 Å². The number of carbonyl (C=O) groups is 2. The largest absolute Gasteiger partial charge is 0.508 e. The van der Waals surface area contributed by atoms with Gasteiger partial charge in [-0.3, -0.25) is 9.59 Å². The maximum absolute atomic E-state index is 12.6. The molecule has 1 heterocycles. The average Bonchev–Trinajstić information content (AvgIpc) is 2.73. The lowest BCUT2D eigenvalue weighted by atomic mass is 9.95. The second-order valence-corrected chi connectivity index (χ2v) is 7.08. The van der Waals surface area contributed by atoms with E-state index in [0.717, 1.165) is 5.56 Å². The number of benzene rings is 2. The molecule has 2 N–H and O–H groups in total. The maximum atomic E-state index is 12.6. The third-order valence-corrected chi connectivity index (χ3v) is 5.05. The van der Waals surface area contributed by atoms with Crippen LogP contribution in [-0.2, 0) is 9.59 Å². The summed E-state index contributed by atoms with van der Waals surface area (Å²) >= 11 is 0. The van der Waals surface area contributed by atoms with Gasteiger partial charge in [-0.05, 0) is 49.6 Å². The molecule has 6 nitrogen and oxygen atoms in total. The minimum absolute atomic E-state index is 0.00934. The first kappa shape index (κ1) is 19.7. The van der Waals surface area contributed by atoms with Crippen molar-refractivity contribution in [3.8, 4) is 11.5 Å². The van der Waals surface area contributed by atoms with Crippen molar-refractivity contribution in [1.29, 1.82) is 0 Å². The van der Waals surface area contributed by atoms with Crippen LogP contribution >= 0.6 is 0 Å². The molecule has 2 aromatic carbocycles. The number of carbonyl (C=O) groups excluding carboxylic acids is 2. The predicted octanol–water partition coefficient (Wildman–Crippen LogP) is 2.89. The molecule has 0 aliphatic carbocycles. The number of hydrogen-bond donors (Lipinski definition) is 2. The number of aromatic hydroxyl groups is 1. The predicted molar refractivity (Wildman–Crippen MR) is 106 cm³/mol. The van der Waals surface area contributed by atoms with E-state index >= 15 is 0 Å². The summed E-state index contributed by atoms with van der Waals surface area (Å²) in [6.07, 6.45) is 1.27. The highest BCUT2D eigenvalue weighted by atomic mass is 16.5. The van der Waals surface area contributed by atoms with E-state index in [-0.39, 0.29) is 36.1 Å². The fourth-order valence-electron chi connectivity index (χ4n) is 3.35. The van der Waals surface area contributed by atoms with Crippen LogP contribution in [0.5, 0.6) is 11.5 Å². The second kappa shape index (κ2) is 9.26. The Labute approximate surface area is 165 Å². The van der Waals surface area contributed by atoms with Crippen molar-refractivity contribution in [3.05, 3.63) is 60.2 Å². The van der Waals surface area contributed by atoms with Crippen molar-refractivity contribution in [1.82, 2.24) is 10.2 Å². The molecule has 1 aliphatic rings. The van der Waals surface area contributed by atoms with E-state index in [1.54, 1.807) is 23.1 Å². The monoisotopic (exact) mass is 382 g/mol.